The van der Waals surface area contributed by atoms with Gasteiger partial charge in [0, 0.05) is 0 Å². The van der Waals surface area contributed by atoms with Crippen LogP contribution in [0.5, 0.6) is 0 Å². The zero-order valence-corrected chi connectivity index (χ0v) is 12.6. The second kappa shape index (κ2) is 6.07. The van der Waals surface area contributed by atoms with E-state index >= 15 is 0 Å². The summed E-state index contributed by atoms with van der Waals surface area (Å²) in [5, 5.41) is 11.4. The number of furan rings is 1. The van der Waals surface area contributed by atoms with Crippen molar-refractivity contribution in [3.8, 4) is 0 Å². The largest absolute Gasteiger partial charge is 0.467 e. The van der Waals surface area contributed by atoms with Gasteiger partial charge >= 0.3 is 0 Å². The number of fused-ring (bicyclic) bond motifs is 1. The summed E-state index contributed by atoms with van der Waals surface area (Å²) < 4.78 is 19.9. The van der Waals surface area contributed by atoms with Gasteiger partial charge in [-0.3, -0.25) is 0 Å². The predicted molar refractivity (Wildman–Crippen MR) is 84.7 cm³/mol. The first-order valence-electron chi connectivity index (χ1n) is 7.34. The molecule has 1 aromatic carbocycles. The van der Waals surface area contributed by atoms with Gasteiger partial charge in [-0.1, -0.05) is 17.3 Å². The lowest BCUT2D eigenvalue weighted by Crippen LogP contribution is -2.04. The molecule has 1 N–H and O–H groups in total. The fourth-order valence-corrected chi connectivity index (χ4v) is 2.37. The highest BCUT2D eigenvalue weighted by Gasteiger charge is 2.12. The van der Waals surface area contributed by atoms with Gasteiger partial charge < -0.3 is 9.73 Å². The quantitative estimate of drug-likeness (QED) is 0.608. The highest BCUT2D eigenvalue weighted by Crippen LogP contribution is 2.18. The van der Waals surface area contributed by atoms with E-state index < -0.39 is 0 Å². The van der Waals surface area contributed by atoms with Crippen LogP contribution >= 0.6 is 0 Å². The Labute approximate surface area is 136 Å². The molecule has 0 radical (unpaired) electrons. The molecule has 0 spiro atoms. The van der Waals surface area contributed by atoms with Crippen LogP contribution in [0.25, 0.3) is 11.2 Å². The summed E-state index contributed by atoms with van der Waals surface area (Å²) in [5.74, 6) is 1.11. The third-order valence-corrected chi connectivity index (χ3v) is 3.56. The van der Waals surface area contributed by atoms with Crippen molar-refractivity contribution in [3.63, 3.8) is 0 Å². The third-order valence-electron chi connectivity index (χ3n) is 3.56. The van der Waals surface area contributed by atoms with Crippen molar-refractivity contribution in [1.82, 2.24) is 25.0 Å². The standard InChI is InChI=1S/C16H13FN6O/c17-12-5-3-11(4-6-12)9-23-16-14(21-22-23)15(19-10-20-16)18-8-13-2-1-7-24-13/h1-7,10H,8-9H2,(H,18,19,20). The summed E-state index contributed by atoms with van der Waals surface area (Å²) in [6.07, 6.45) is 3.07. The normalized spacial score (nSPS) is 11.0. The number of benzene rings is 1. The van der Waals surface area contributed by atoms with Crippen molar-refractivity contribution in [2.75, 3.05) is 5.32 Å². The van der Waals surface area contributed by atoms with Crippen molar-refractivity contribution < 1.29 is 8.81 Å². The second-order valence-corrected chi connectivity index (χ2v) is 5.20. The number of hydrogen-bond acceptors (Lipinski definition) is 6. The summed E-state index contributed by atoms with van der Waals surface area (Å²) in [7, 11) is 0. The lowest BCUT2D eigenvalue weighted by molar-refractivity contribution is 0.518. The SMILES string of the molecule is Fc1ccc(Cn2nnc3c(NCc4ccco4)ncnc32)cc1. The maximum atomic E-state index is 13.0. The molecular formula is C16H13FN6O. The molecule has 0 unspecified atom stereocenters. The van der Waals surface area contributed by atoms with Crippen LogP contribution in [0, 0.1) is 5.82 Å². The fourth-order valence-electron chi connectivity index (χ4n) is 2.37. The minimum absolute atomic E-state index is 0.270. The number of hydrogen-bond donors (Lipinski definition) is 1. The Morgan fingerprint density at radius 1 is 1.12 bits per heavy atom. The summed E-state index contributed by atoms with van der Waals surface area (Å²) in [6.45, 7) is 0.940. The lowest BCUT2D eigenvalue weighted by Gasteiger charge is -2.04. The Bertz CT molecular complexity index is 949. The zero-order valence-electron chi connectivity index (χ0n) is 12.6. The lowest BCUT2D eigenvalue weighted by atomic mass is 10.2. The molecule has 120 valence electrons. The predicted octanol–water partition coefficient (Wildman–Crippen LogP) is 2.61. The Kier molecular flexibility index (Phi) is 3.62. The maximum Gasteiger partial charge on any atom is 0.184 e. The van der Waals surface area contributed by atoms with Crippen LogP contribution in [0.3, 0.4) is 0 Å². The number of aromatic nitrogens is 5. The molecule has 0 aliphatic heterocycles. The maximum absolute atomic E-state index is 13.0. The molecular weight excluding hydrogens is 311 g/mol. The number of halogens is 1. The van der Waals surface area contributed by atoms with Crippen LogP contribution in [-0.2, 0) is 13.1 Å². The minimum Gasteiger partial charge on any atom is -0.467 e. The van der Waals surface area contributed by atoms with Gasteiger partial charge in [0.05, 0.1) is 19.4 Å². The molecule has 0 saturated heterocycles. The van der Waals surface area contributed by atoms with Crippen LogP contribution in [0.2, 0.25) is 0 Å². The van der Waals surface area contributed by atoms with E-state index in [2.05, 4.69) is 25.6 Å². The van der Waals surface area contributed by atoms with Crippen LogP contribution in [-0.4, -0.2) is 25.0 Å². The molecule has 0 aliphatic carbocycles. The molecule has 3 heterocycles. The van der Waals surface area contributed by atoms with E-state index in [0.717, 1.165) is 11.3 Å². The first-order chi connectivity index (χ1) is 11.8. The van der Waals surface area contributed by atoms with Gasteiger partial charge in [0.2, 0.25) is 0 Å². The van der Waals surface area contributed by atoms with E-state index in [-0.39, 0.29) is 5.82 Å². The van der Waals surface area contributed by atoms with Crippen molar-refractivity contribution in [3.05, 3.63) is 66.1 Å². The van der Waals surface area contributed by atoms with E-state index in [1.54, 1.807) is 23.1 Å². The molecule has 3 aromatic heterocycles. The summed E-state index contributed by atoms with van der Waals surface area (Å²) in [5.41, 5.74) is 2.09. The number of nitrogens with zero attached hydrogens (tertiary/aromatic N) is 5. The van der Waals surface area contributed by atoms with Crippen LogP contribution in [0.4, 0.5) is 10.2 Å². The topological polar surface area (TPSA) is 81.7 Å². The summed E-state index contributed by atoms with van der Waals surface area (Å²) in [6, 6.07) is 9.95. The Morgan fingerprint density at radius 3 is 2.79 bits per heavy atom. The molecule has 4 aromatic rings. The van der Waals surface area contributed by atoms with Crippen LogP contribution in [0.1, 0.15) is 11.3 Å². The van der Waals surface area contributed by atoms with Gasteiger partial charge in [-0.15, -0.1) is 5.10 Å². The van der Waals surface area contributed by atoms with E-state index in [1.807, 2.05) is 12.1 Å². The van der Waals surface area contributed by atoms with Crippen LogP contribution in [0.15, 0.2) is 53.4 Å². The van der Waals surface area contributed by atoms with Crippen LogP contribution < -0.4 is 5.32 Å². The molecule has 0 fully saturated rings. The van der Waals surface area contributed by atoms with E-state index in [9.17, 15) is 4.39 Å². The molecule has 0 amide bonds. The van der Waals surface area contributed by atoms with Gasteiger partial charge in [0.1, 0.15) is 17.9 Å². The zero-order chi connectivity index (χ0) is 16.4. The number of nitrogens with one attached hydrogen (secondary N) is 1. The Balaban J connectivity index is 1.59. The van der Waals surface area contributed by atoms with Gasteiger partial charge in [0.15, 0.2) is 17.0 Å². The van der Waals surface area contributed by atoms with E-state index in [1.165, 1.54) is 18.5 Å². The average molecular weight is 324 g/mol. The molecule has 0 atom stereocenters. The second-order valence-electron chi connectivity index (χ2n) is 5.20. The van der Waals surface area contributed by atoms with Crippen molar-refractivity contribution >= 4 is 17.0 Å². The smallest absolute Gasteiger partial charge is 0.184 e. The molecule has 4 rings (SSSR count). The number of rotatable bonds is 5. The highest BCUT2D eigenvalue weighted by molar-refractivity contribution is 5.81. The van der Waals surface area contributed by atoms with Crippen molar-refractivity contribution in [2.24, 2.45) is 0 Å². The molecule has 0 aliphatic rings. The Hall–Kier alpha value is -3.29. The van der Waals surface area contributed by atoms with E-state index in [0.29, 0.717) is 30.1 Å². The highest BCUT2D eigenvalue weighted by atomic mass is 19.1. The van der Waals surface area contributed by atoms with Gasteiger partial charge in [-0.2, -0.15) is 0 Å². The summed E-state index contributed by atoms with van der Waals surface area (Å²) in [4.78, 5) is 8.46. The Morgan fingerprint density at radius 2 is 2.00 bits per heavy atom. The van der Waals surface area contributed by atoms with Gasteiger partial charge in [-0.25, -0.2) is 19.0 Å². The monoisotopic (exact) mass is 324 g/mol. The first kappa shape index (κ1) is 14.3. The molecule has 0 bridgehead atoms. The first-order valence-corrected chi connectivity index (χ1v) is 7.34. The number of anilines is 1. The third kappa shape index (κ3) is 2.81. The molecule has 7 nitrogen and oxygen atoms in total. The van der Waals surface area contributed by atoms with Gasteiger partial charge in [0.25, 0.3) is 0 Å². The minimum atomic E-state index is -0.270. The molecule has 24 heavy (non-hydrogen) atoms. The summed E-state index contributed by atoms with van der Waals surface area (Å²) >= 11 is 0. The van der Waals surface area contributed by atoms with E-state index in [4.69, 9.17) is 4.42 Å². The fraction of sp³-hybridized carbons (Fsp3) is 0.125. The van der Waals surface area contributed by atoms with Gasteiger partial charge in [-0.05, 0) is 29.8 Å². The van der Waals surface area contributed by atoms with Crippen molar-refractivity contribution in [2.45, 2.75) is 13.1 Å². The van der Waals surface area contributed by atoms with Crippen molar-refractivity contribution in [1.29, 1.82) is 0 Å². The average Bonchev–Trinajstić information content (AvgIpc) is 3.25. The molecule has 8 heteroatoms. The molecule has 0 saturated carbocycles.